The van der Waals surface area contributed by atoms with Crippen LogP contribution in [0.2, 0.25) is 0 Å². The van der Waals surface area contributed by atoms with Gasteiger partial charge in [-0.3, -0.25) is 0 Å². The zero-order valence-electron chi connectivity index (χ0n) is 42.5. The van der Waals surface area contributed by atoms with Gasteiger partial charge in [-0.1, -0.05) is 202 Å². The molecule has 2 unspecified atom stereocenters. The van der Waals surface area contributed by atoms with Crippen molar-refractivity contribution < 1.29 is 0 Å². The SMILES string of the molecule is CC(C)(C)c1cccc(N2c3cc(C(C)(C)C)ccc3B3c4ccc(-c5ccccc5)cc4N(c4cccc(-c5ccccc5)c4)c4cc(N5c6ccccc6C6(C)CCCCCCC56C)cc2c43)c1. The number of anilines is 8. The van der Waals surface area contributed by atoms with E-state index in [0.29, 0.717) is 0 Å². The molecule has 0 radical (unpaired) electrons. The molecular formula is C66H66BN3. The number of nitrogens with zero attached hydrogens (tertiary/aromatic N) is 3. The lowest BCUT2D eigenvalue weighted by molar-refractivity contribution is 0.218. The Morgan fingerprint density at radius 1 is 0.400 bits per heavy atom. The number of hydrogen-bond acceptors (Lipinski definition) is 3. The summed E-state index contributed by atoms with van der Waals surface area (Å²) in [5.74, 6) is 0. The smallest absolute Gasteiger partial charge is 0.252 e. The van der Waals surface area contributed by atoms with E-state index in [4.69, 9.17) is 0 Å². The molecule has 3 nitrogen and oxygen atoms in total. The number of rotatable bonds is 5. The van der Waals surface area contributed by atoms with Crippen molar-refractivity contribution in [1.29, 1.82) is 0 Å². The van der Waals surface area contributed by atoms with Crippen LogP contribution in [0.25, 0.3) is 22.3 Å². The van der Waals surface area contributed by atoms with Crippen molar-refractivity contribution in [2.75, 3.05) is 14.7 Å². The van der Waals surface area contributed by atoms with Crippen molar-refractivity contribution in [3.8, 4) is 22.3 Å². The van der Waals surface area contributed by atoms with Crippen molar-refractivity contribution in [2.45, 2.75) is 116 Å². The summed E-state index contributed by atoms with van der Waals surface area (Å²) in [4.78, 5) is 8.11. The van der Waals surface area contributed by atoms with Gasteiger partial charge < -0.3 is 14.7 Å². The fourth-order valence-electron chi connectivity index (χ4n) is 13.0. The van der Waals surface area contributed by atoms with E-state index in [1.54, 1.807) is 0 Å². The van der Waals surface area contributed by atoms with Gasteiger partial charge in [-0.05, 0) is 141 Å². The first-order chi connectivity index (χ1) is 33.7. The Balaban J connectivity index is 1.21. The summed E-state index contributed by atoms with van der Waals surface area (Å²) in [6.45, 7) is 19.3. The number of fused-ring (bicyclic) bond motifs is 7. The van der Waals surface area contributed by atoms with E-state index in [2.05, 4.69) is 252 Å². The summed E-state index contributed by atoms with van der Waals surface area (Å²) < 4.78 is 0. The van der Waals surface area contributed by atoms with Crippen LogP contribution in [0.3, 0.4) is 0 Å². The Bertz CT molecular complexity index is 3310. The highest BCUT2D eigenvalue weighted by atomic mass is 15.3. The third kappa shape index (κ3) is 6.99. The van der Waals surface area contributed by atoms with Crippen LogP contribution >= 0.6 is 0 Å². The van der Waals surface area contributed by atoms with E-state index in [-0.39, 0.29) is 28.5 Å². The lowest BCUT2D eigenvalue weighted by atomic mass is 9.33. The molecule has 0 aromatic heterocycles. The molecule has 348 valence electrons. The second kappa shape index (κ2) is 16.4. The first-order valence-corrected chi connectivity index (χ1v) is 26.0. The summed E-state index contributed by atoms with van der Waals surface area (Å²) >= 11 is 0. The molecule has 12 rings (SSSR count). The van der Waals surface area contributed by atoms with Crippen LogP contribution in [0.4, 0.5) is 45.5 Å². The molecule has 4 heteroatoms. The summed E-state index contributed by atoms with van der Waals surface area (Å²) in [7, 11) is 0. The predicted octanol–water partition coefficient (Wildman–Crippen LogP) is 16.2. The minimum atomic E-state index is -0.147. The first kappa shape index (κ1) is 44.4. The maximum absolute atomic E-state index is 2.82. The maximum atomic E-state index is 2.82. The van der Waals surface area contributed by atoms with Crippen LogP contribution in [0.15, 0.2) is 182 Å². The first-order valence-electron chi connectivity index (χ1n) is 26.0. The Labute approximate surface area is 417 Å². The second-order valence-electron chi connectivity index (χ2n) is 23.3. The summed E-state index contributed by atoms with van der Waals surface area (Å²) in [6, 6.07) is 69.9. The molecule has 1 saturated carbocycles. The molecule has 1 aliphatic carbocycles. The van der Waals surface area contributed by atoms with E-state index in [1.807, 2.05) is 0 Å². The average molecular weight is 912 g/mol. The van der Waals surface area contributed by atoms with Gasteiger partial charge in [0.25, 0.3) is 6.71 Å². The van der Waals surface area contributed by atoms with Crippen LogP contribution in [-0.4, -0.2) is 12.3 Å². The Kier molecular flexibility index (Phi) is 10.4. The van der Waals surface area contributed by atoms with E-state index in [9.17, 15) is 0 Å². The van der Waals surface area contributed by atoms with Gasteiger partial charge in [0.1, 0.15) is 0 Å². The van der Waals surface area contributed by atoms with Crippen LogP contribution in [-0.2, 0) is 16.2 Å². The molecule has 3 aliphatic heterocycles. The third-order valence-corrected chi connectivity index (χ3v) is 17.0. The molecule has 8 aromatic carbocycles. The summed E-state index contributed by atoms with van der Waals surface area (Å²) in [5, 5.41) is 0. The van der Waals surface area contributed by atoms with Crippen molar-refractivity contribution in [3.05, 3.63) is 199 Å². The van der Waals surface area contributed by atoms with Crippen molar-refractivity contribution in [1.82, 2.24) is 0 Å². The highest BCUT2D eigenvalue weighted by Gasteiger charge is 2.57. The van der Waals surface area contributed by atoms with E-state index < -0.39 is 0 Å². The van der Waals surface area contributed by atoms with Crippen LogP contribution in [0.1, 0.15) is 111 Å². The molecule has 0 saturated heterocycles. The van der Waals surface area contributed by atoms with Gasteiger partial charge in [0, 0.05) is 50.9 Å². The molecule has 0 spiro atoms. The molecule has 4 aliphatic rings. The van der Waals surface area contributed by atoms with Gasteiger partial charge in [-0.2, -0.15) is 0 Å². The van der Waals surface area contributed by atoms with E-state index in [0.717, 1.165) is 12.1 Å². The highest BCUT2D eigenvalue weighted by molar-refractivity contribution is 7.00. The standard InChI is InChI=1S/C66H66BN3/c1-63(2,3)49-28-22-30-52(41-49)69-59-42-50(64(4,5)6)34-36-56(59)67-55-35-33-48(46-25-15-12-16-26-46)40-58(55)68(51-29-21-27-47(39-51)45-23-13-11-14-24-45)60-43-53(44-61(69)62(60)67)70-57-32-18-17-31-54(57)65(7)37-19-9-10-20-38-66(65,70)8/h11-18,21-36,39-44H,9-10,19-20,37-38H2,1-8H3. The van der Waals surface area contributed by atoms with Gasteiger partial charge in [0.05, 0.1) is 5.54 Å². The van der Waals surface area contributed by atoms with E-state index >= 15 is 0 Å². The Morgan fingerprint density at radius 3 is 1.59 bits per heavy atom. The van der Waals surface area contributed by atoms with E-state index in [1.165, 1.54) is 127 Å². The molecule has 8 aromatic rings. The van der Waals surface area contributed by atoms with Gasteiger partial charge in [0.15, 0.2) is 0 Å². The second-order valence-corrected chi connectivity index (χ2v) is 23.3. The fourth-order valence-corrected chi connectivity index (χ4v) is 13.0. The number of para-hydroxylation sites is 1. The average Bonchev–Trinajstić information content (AvgIpc) is 3.55. The molecule has 1 fully saturated rings. The Hall–Kier alpha value is -6.78. The monoisotopic (exact) mass is 912 g/mol. The summed E-state index contributed by atoms with van der Waals surface area (Å²) in [6.07, 6.45) is 7.37. The quantitative estimate of drug-likeness (QED) is 0.159. The Morgan fingerprint density at radius 2 is 0.929 bits per heavy atom. The van der Waals surface area contributed by atoms with Crippen LogP contribution < -0.4 is 31.1 Å². The van der Waals surface area contributed by atoms with Crippen molar-refractivity contribution in [3.63, 3.8) is 0 Å². The van der Waals surface area contributed by atoms with Gasteiger partial charge >= 0.3 is 0 Å². The molecule has 0 N–H and O–H groups in total. The largest absolute Gasteiger partial charge is 0.334 e. The van der Waals surface area contributed by atoms with Gasteiger partial charge in [0.2, 0.25) is 0 Å². The lowest BCUT2D eigenvalue weighted by Crippen LogP contribution is -2.61. The molecule has 0 bridgehead atoms. The zero-order valence-corrected chi connectivity index (χ0v) is 42.5. The van der Waals surface area contributed by atoms with Crippen molar-refractivity contribution >= 4 is 68.6 Å². The molecular weight excluding hydrogens is 846 g/mol. The minimum Gasteiger partial charge on any atom is -0.334 e. The van der Waals surface area contributed by atoms with Gasteiger partial charge in [-0.15, -0.1) is 0 Å². The fraction of sp³-hybridized carbons (Fsp3) is 0.273. The maximum Gasteiger partial charge on any atom is 0.252 e. The highest BCUT2D eigenvalue weighted by Crippen LogP contribution is 2.61. The number of benzene rings is 8. The summed E-state index contributed by atoms with van der Waals surface area (Å²) in [5.41, 5.74) is 22.7. The normalized spacial score (nSPS) is 19.4. The third-order valence-electron chi connectivity index (χ3n) is 17.0. The number of hydrogen-bond donors (Lipinski definition) is 0. The van der Waals surface area contributed by atoms with Crippen LogP contribution in [0.5, 0.6) is 0 Å². The predicted molar refractivity (Wildman–Crippen MR) is 301 cm³/mol. The zero-order chi connectivity index (χ0) is 48.2. The molecule has 70 heavy (non-hydrogen) atoms. The molecule has 3 heterocycles. The van der Waals surface area contributed by atoms with Crippen molar-refractivity contribution in [2.24, 2.45) is 0 Å². The lowest BCUT2D eigenvalue weighted by Gasteiger charge is -2.50. The minimum absolute atomic E-state index is 0.00777. The van der Waals surface area contributed by atoms with Gasteiger partial charge in [-0.25, -0.2) is 0 Å². The van der Waals surface area contributed by atoms with Crippen LogP contribution in [0, 0.1) is 0 Å². The molecule has 2 atom stereocenters. The topological polar surface area (TPSA) is 9.72 Å². The molecule has 0 amide bonds.